The van der Waals surface area contributed by atoms with Crippen LogP contribution in [0.3, 0.4) is 0 Å². The lowest BCUT2D eigenvalue weighted by atomic mass is 9.96. The molecule has 3 heterocycles. The molecule has 0 aliphatic carbocycles. The molecule has 0 atom stereocenters. The average molecular weight is 658 g/mol. The van der Waals surface area contributed by atoms with E-state index in [4.69, 9.17) is 15.0 Å². The second kappa shape index (κ2) is 11.6. The Hall–Kier alpha value is -5.97. The van der Waals surface area contributed by atoms with Gasteiger partial charge in [0.05, 0.1) is 16.9 Å². The summed E-state index contributed by atoms with van der Waals surface area (Å²) in [6.45, 7) is 2.23. The average Bonchev–Trinajstić information content (AvgIpc) is 3.55. The van der Waals surface area contributed by atoms with Crippen LogP contribution in [0.15, 0.2) is 161 Å². The third-order valence-corrected chi connectivity index (χ3v) is 11.3. The first-order valence-corrected chi connectivity index (χ1v) is 18.0. The molecule has 1 aliphatic rings. The molecule has 7 aromatic carbocycles. The van der Waals surface area contributed by atoms with Crippen LogP contribution in [0.4, 0.5) is 0 Å². The highest BCUT2D eigenvalue weighted by Crippen LogP contribution is 2.40. The van der Waals surface area contributed by atoms with Crippen molar-refractivity contribution in [2.45, 2.75) is 19.8 Å². The molecule has 0 fully saturated rings. The molecular weight excluding hydrogens is 627 g/mol. The molecule has 3 nitrogen and oxygen atoms in total. The van der Waals surface area contributed by atoms with Gasteiger partial charge in [-0.05, 0) is 82.1 Å². The maximum absolute atomic E-state index is 5.49. The second-order valence-corrected chi connectivity index (χ2v) is 14.3. The van der Waals surface area contributed by atoms with Crippen molar-refractivity contribution in [3.63, 3.8) is 0 Å². The maximum atomic E-state index is 5.49. The molecule has 2 aromatic heterocycles. The molecule has 1 aliphatic heterocycles. The third-order valence-electron chi connectivity index (χ3n) is 10.2. The largest absolute Gasteiger partial charge is 0.256 e. The number of amidine groups is 1. The van der Waals surface area contributed by atoms with Gasteiger partial charge < -0.3 is 0 Å². The predicted octanol–water partition coefficient (Wildman–Crippen LogP) is 12.5. The molecule has 0 saturated carbocycles. The van der Waals surface area contributed by atoms with Crippen LogP contribution in [0, 0.1) is 0 Å². The third kappa shape index (κ3) is 4.75. The smallest absolute Gasteiger partial charge is 0.160 e. The zero-order valence-corrected chi connectivity index (χ0v) is 28.3. The van der Waals surface area contributed by atoms with Crippen LogP contribution in [0.1, 0.15) is 36.5 Å². The Balaban J connectivity index is 1.19. The standard InChI is InChI=1S/C46H31N3S/c1-28-13-23-39(31-9-3-2-4-10-31)48-46(35-19-15-30-14-16-32-17-18-33-11-7-25-47-45(33)42(32)38(30)26-35)49-44(28)34-20-22-37-41(27-34)50-40-24-21-29-8-5-6-12-36(29)43(37)40/h2-12,14-22,24-27H,13,23H2,1H3/b44-28+,48-39+,49-46-. The summed E-state index contributed by atoms with van der Waals surface area (Å²) in [5, 5.41) is 11.0. The molecule has 9 aromatic rings. The molecule has 0 amide bonds. The van der Waals surface area contributed by atoms with Crippen molar-refractivity contribution in [3.05, 3.63) is 168 Å². The lowest BCUT2D eigenvalue weighted by Gasteiger charge is -2.17. The van der Waals surface area contributed by atoms with Crippen LogP contribution in [0.5, 0.6) is 0 Å². The van der Waals surface area contributed by atoms with E-state index in [0.717, 1.165) is 68.5 Å². The molecular formula is C46H31N3S. The highest BCUT2D eigenvalue weighted by atomic mass is 32.1. The van der Waals surface area contributed by atoms with E-state index in [9.17, 15) is 0 Å². The Bertz CT molecular complexity index is 2920. The van der Waals surface area contributed by atoms with E-state index >= 15 is 0 Å². The molecule has 0 spiro atoms. The van der Waals surface area contributed by atoms with Gasteiger partial charge in [-0.1, -0.05) is 115 Å². The summed E-state index contributed by atoms with van der Waals surface area (Å²) < 4.78 is 2.59. The maximum Gasteiger partial charge on any atom is 0.160 e. The molecule has 0 bridgehead atoms. The highest BCUT2D eigenvalue weighted by molar-refractivity contribution is 7.26. The summed E-state index contributed by atoms with van der Waals surface area (Å²) >= 11 is 1.86. The second-order valence-electron chi connectivity index (χ2n) is 13.2. The molecule has 0 N–H and O–H groups in total. The number of pyridine rings is 1. The SMILES string of the molecule is C\C1=C(c2ccc3c(c2)sc2ccc4ccccc4c23)/N=C(c2ccc3ccc4ccc5cccnc5c4c3c2)\N=C(\c2ccccc2)CC1. The van der Waals surface area contributed by atoms with Gasteiger partial charge in [-0.15, -0.1) is 11.3 Å². The lowest BCUT2D eigenvalue weighted by molar-refractivity contribution is 1.00. The Morgan fingerprint density at radius 3 is 2.16 bits per heavy atom. The summed E-state index contributed by atoms with van der Waals surface area (Å²) in [5.41, 5.74) is 7.60. The molecule has 236 valence electrons. The Kier molecular flexibility index (Phi) is 6.71. The number of benzene rings is 7. The first-order valence-electron chi connectivity index (χ1n) is 17.1. The topological polar surface area (TPSA) is 37.6 Å². The van der Waals surface area contributed by atoms with Gasteiger partial charge in [0.2, 0.25) is 0 Å². The van der Waals surface area contributed by atoms with E-state index in [2.05, 4.69) is 140 Å². The monoisotopic (exact) mass is 657 g/mol. The summed E-state index contributed by atoms with van der Waals surface area (Å²) in [4.78, 5) is 15.7. The zero-order chi connectivity index (χ0) is 33.2. The number of aromatic nitrogens is 1. The minimum absolute atomic E-state index is 0.729. The normalized spacial score (nSPS) is 17.6. The summed E-state index contributed by atoms with van der Waals surface area (Å²) in [6, 6.07) is 50.2. The number of nitrogens with zero attached hydrogens (tertiary/aromatic N) is 3. The summed E-state index contributed by atoms with van der Waals surface area (Å²) in [5.74, 6) is 0.729. The van der Waals surface area contributed by atoms with Crippen molar-refractivity contribution in [2.75, 3.05) is 0 Å². The fourth-order valence-electron chi connectivity index (χ4n) is 7.63. The van der Waals surface area contributed by atoms with Gasteiger partial charge in [0, 0.05) is 48.3 Å². The van der Waals surface area contributed by atoms with Crippen LogP contribution in [0.2, 0.25) is 0 Å². The highest BCUT2D eigenvalue weighted by Gasteiger charge is 2.18. The van der Waals surface area contributed by atoms with Crippen molar-refractivity contribution in [1.82, 2.24) is 4.98 Å². The van der Waals surface area contributed by atoms with E-state index in [1.165, 1.54) is 47.3 Å². The molecule has 0 saturated heterocycles. The predicted molar refractivity (Wildman–Crippen MR) is 215 cm³/mol. The van der Waals surface area contributed by atoms with Gasteiger partial charge in [-0.2, -0.15) is 0 Å². The minimum atomic E-state index is 0.729. The van der Waals surface area contributed by atoms with Gasteiger partial charge in [0.25, 0.3) is 0 Å². The number of fused-ring (bicyclic) bond motifs is 10. The lowest BCUT2D eigenvalue weighted by Crippen LogP contribution is -2.10. The van der Waals surface area contributed by atoms with Crippen molar-refractivity contribution >= 4 is 92.0 Å². The number of aliphatic imine (C=N–C) groups is 2. The van der Waals surface area contributed by atoms with Gasteiger partial charge in [0.15, 0.2) is 5.84 Å². The van der Waals surface area contributed by atoms with Crippen LogP contribution in [-0.4, -0.2) is 16.5 Å². The molecule has 10 rings (SSSR count). The van der Waals surface area contributed by atoms with E-state index < -0.39 is 0 Å². The molecule has 50 heavy (non-hydrogen) atoms. The minimum Gasteiger partial charge on any atom is -0.256 e. The van der Waals surface area contributed by atoms with Crippen LogP contribution in [0.25, 0.3) is 69.1 Å². The van der Waals surface area contributed by atoms with E-state index in [1.807, 2.05) is 23.6 Å². The van der Waals surface area contributed by atoms with Crippen molar-refractivity contribution in [3.8, 4) is 0 Å². The first-order chi connectivity index (χ1) is 24.7. The van der Waals surface area contributed by atoms with Crippen molar-refractivity contribution in [2.24, 2.45) is 9.98 Å². The quantitative estimate of drug-likeness (QED) is 0.174. The van der Waals surface area contributed by atoms with E-state index in [-0.39, 0.29) is 0 Å². The van der Waals surface area contributed by atoms with E-state index in [1.54, 1.807) is 0 Å². The fourth-order valence-corrected chi connectivity index (χ4v) is 8.79. The summed E-state index contributed by atoms with van der Waals surface area (Å²) in [6.07, 6.45) is 3.60. The zero-order valence-electron chi connectivity index (χ0n) is 27.5. The number of hydrogen-bond donors (Lipinski definition) is 0. The Labute approximate surface area is 293 Å². The number of allylic oxidation sites excluding steroid dienone is 1. The van der Waals surface area contributed by atoms with Crippen LogP contribution < -0.4 is 0 Å². The van der Waals surface area contributed by atoms with Crippen molar-refractivity contribution < 1.29 is 0 Å². The number of hydrogen-bond acceptors (Lipinski definition) is 4. The molecule has 0 unspecified atom stereocenters. The van der Waals surface area contributed by atoms with Gasteiger partial charge >= 0.3 is 0 Å². The number of thiophene rings is 1. The van der Waals surface area contributed by atoms with Gasteiger partial charge in [-0.3, -0.25) is 4.98 Å². The van der Waals surface area contributed by atoms with Gasteiger partial charge in [-0.25, -0.2) is 9.98 Å². The molecule has 0 radical (unpaired) electrons. The Morgan fingerprint density at radius 1 is 0.500 bits per heavy atom. The first kappa shape index (κ1) is 29.0. The fraction of sp³-hybridized carbons (Fsp3) is 0.0652. The molecule has 4 heteroatoms. The summed E-state index contributed by atoms with van der Waals surface area (Å²) in [7, 11) is 0. The van der Waals surface area contributed by atoms with E-state index in [0.29, 0.717) is 0 Å². The Morgan fingerprint density at radius 2 is 1.24 bits per heavy atom. The number of rotatable bonds is 3. The van der Waals surface area contributed by atoms with Crippen LogP contribution >= 0.6 is 11.3 Å². The van der Waals surface area contributed by atoms with Crippen molar-refractivity contribution in [1.29, 1.82) is 0 Å². The van der Waals surface area contributed by atoms with Gasteiger partial charge in [0.1, 0.15) is 0 Å². The van der Waals surface area contributed by atoms with Crippen LogP contribution in [-0.2, 0) is 0 Å².